The van der Waals surface area contributed by atoms with Crippen LogP contribution in [0.4, 0.5) is 0 Å². The minimum Gasteiger partial charge on any atom is -0.405 e. The Balaban J connectivity index is 2.44. The maximum Gasteiger partial charge on any atom is 0.201 e. The van der Waals surface area contributed by atoms with E-state index in [2.05, 4.69) is 79.3 Å². The fourth-order valence-electron chi connectivity index (χ4n) is 5.40. The van der Waals surface area contributed by atoms with Crippen molar-refractivity contribution in [2.45, 2.75) is 103 Å². The first-order valence-corrected chi connectivity index (χ1v) is 13.3. The molecule has 1 aromatic carbocycles. The van der Waals surface area contributed by atoms with Crippen molar-refractivity contribution in [2.75, 3.05) is 0 Å². The van der Waals surface area contributed by atoms with E-state index in [-0.39, 0.29) is 6.10 Å². The smallest absolute Gasteiger partial charge is 0.201 e. The lowest BCUT2D eigenvalue weighted by molar-refractivity contribution is 0.189. The van der Waals surface area contributed by atoms with Gasteiger partial charge in [-0.2, -0.15) is 0 Å². The summed E-state index contributed by atoms with van der Waals surface area (Å²) in [6.07, 6.45) is 6.67. The largest absolute Gasteiger partial charge is 0.405 e. The van der Waals surface area contributed by atoms with Gasteiger partial charge in [-0.25, -0.2) is 0 Å². The molecule has 2 rings (SSSR count). The molecule has 1 aliphatic carbocycles. The maximum absolute atomic E-state index is 7.30. The molecule has 0 aliphatic heterocycles. The van der Waals surface area contributed by atoms with Crippen molar-refractivity contribution in [2.24, 2.45) is 5.92 Å². The topological polar surface area (TPSA) is 9.23 Å². The lowest BCUT2D eigenvalue weighted by Crippen LogP contribution is -2.49. The highest BCUT2D eigenvalue weighted by molar-refractivity contribution is 6.77. The summed E-state index contributed by atoms with van der Waals surface area (Å²) in [5, 5.41) is 0. The first-order chi connectivity index (χ1) is 12.7. The van der Waals surface area contributed by atoms with E-state index in [0.717, 1.165) is 0 Å². The van der Waals surface area contributed by atoms with Crippen molar-refractivity contribution in [1.29, 1.82) is 0 Å². The Labute approximate surface area is 169 Å². The molecule has 1 atom stereocenters. The second kappa shape index (κ2) is 9.56. The Morgan fingerprint density at radius 2 is 1.37 bits per heavy atom. The second-order valence-corrected chi connectivity index (χ2v) is 15.0. The highest BCUT2D eigenvalue weighted by Gasteiger charge is 2.47. The van der Waals surface area contributed by atoms with Gasteiger partial charge in [0.05, 0.1) is 6.10 Å². The molecule has 0 heterocycles. The average Bonchev–Trinajstić information content (AvgIpc) is 2.63. The van der Waals surface area contributed by atoms with E-state index in [1.54, 1.807) is 0 Å². The summed E-state index contributed by atoms with van der Waals surface area (Å²) in [7, 11) is -1.97. The minimum atomic E-state index is -1.97. The van der Waals surface area contributed by atoms with Gasteiger partial charge in [0.25, 0.3) is 0 Å². The second-order valence-electron chi connectivity index (χ2n) is 9.64. The third kappa shape index (κ3) is 4.95. The van der Waals surface area contributed by atoms with E-state index < -0.39 is 8.32 Å². The molecule has 0 bridgehead atoms. The van der Waals surface area contributed by atoms with Crippen LogP contribution in [0.1, 0.15) is 90.9 Å². The van der Waals surface area contributed by atoms with E-state index in [1.807, 2.05) is 0 Å². The quantitative estimate of drug-likeness (QED) is 0.322. The molecule has 0 saturated heterocycles. The van der Waals surface area contributed by atoms with Crippen LogP contribution in [0.25, 0.3) is 0 Å². The molecule has 1 nitrogen and oxygen atoms in total. The minimum absolute atomic E-state index is 0.0487. The number of rotatable bonds is 8. The van der Waals surface area contributed by atoms with Crippen LogP contribution < -0.4 is 0 Å². The van der Waals surface area contributed by atoms with Crippen LogP contribution in [0.3, 0.4) is 0 Å². The summed E-state index contributed by atoms with van der Waals surface area (Å²) >= 11 is 0. The molecule has 1 aromatic rings. The van der Waals surface area contributed by atoms with Gasteiger partial charge in [-0.3, -0.25) is 0 Å². The van der Waals surface area contributed by atoms with Crippen molar-refractivity contribution in [3.63, 3.8) is 0 Å². The first kappa shape index (κ1) is 22.4. The molecule has 1 fully saturated rings. The van der Waals surface area contributed by atoms with Crippen LogP contribution in [0, 0.1) is 12.8 Å². The van der Waals surface area contributed by atoms with Gasteiger partial charge in [-0.1, -0.05) is 97.2 Å². The predicted octanol–water partition coefficient (Wildman–Crippen LogP) is 8.36. The van der Waals surface area contributed by atoms with E-state index in [1.165, 1.54) is 48.8 Å². The fourth-order valence-corrected chi connectivity index (χ4v) is 10.9. The molecule has 152 valence electrons. The highest BCUT2D eigenvalue weighted by atomic mass is 28.4. The lowest BCUT2D eigenvalue weighted by Gasteiger charge is -2.46. The Morgan fingerprint density at radius 3 is 1.81 bits per heavy atom. The maximum atomic E-state index is 7.30. The zero-order chi connectivity index (χ0) is 20.2. The van der Waals surface area contributed by atoms with Gasteiger partial charge in [0.1, 0.15) is 0 Å². The Kier molecular flexibility index (Phi) is 7.94. The fraction of sp³-hybridized carbons (Fsp3) is 0.680. The Bertz CT molecular complexity index is 571. The summed E-state index contributed by atoms with van der Waals surface area (Å²) in [6, 6.07) is 8.99. The van der Waals surface area contributed by atoms with Crippen molar-refractivity contribution in [3.8, 4) is 0 Å². The summed E-state index contributed by atoms with van der Waals surface area (Å²) in [5.74, 6) is 0.614. The SMILES string of the molecule is C=C(C1CCCCC1)C(O[Si](C(C)C)(C(C)C)C(C)C)c1ccc(C)cc1. The molecule has 0 aromatic heterocycles. The van der Waals surface area contributed by atoms with Gasteiger partial charge in [-0.05, 0) is 53.4 Å². The zero-order valence-corrected chi connectivity index (χ0v) is 19.8. The van der Waals surface area contributed by atoms with Gasteiger partial charge in [0.15, 0.2) is 0 Å². The molecule has 27 heavy (non-hydrogen) atoms. The molecule has 0 amide bonds. The molecule has 1 unspecified atom stereocenters. The monoisotopic (exact) mass is 386 g/mol. The number of hydrogen-bond acceptors (Lipinski definition) is 1. The Morgan fingerprint density at radius 1 is 0.889 bits per heavy atom. The summed E-state index contributed by atoms with van der Waals surface area (Å²) in [4.78, 5) is 0. The normalized spacial score (nSPS) is 17.7. The van der Waals surface area contributed by atoms with E-state index in [9.17, 15) is 0 Å². The summed E-state index contributed by atoms with van der Waals surface area (Å²) in [5.41, 5.74) is 5.70. The number of aryl methyl sites for hydroxylation is 1. The van der Waals surface area contributed by atoms with E-state index in [0.29, 0.717) is 22.5 Å². The molecular formula is C25H42OSi. The van der Waals surface area contributed by atoms with Crippen LogP contribution in [-0.2, 0) is 4.43 Å². The third-order valence-corrected chi connectivity index (χ3v) is 12.9. The zero-order valence-electron chi connectivity index (χ0n) is 18.8. The van der Waals surface area contributed by atoms with Crippen LogP contribution in [0.15, 0.2) is 36.4 Å². The predicted molar refractivity (Wildman–Crippen MR) is 122 cm³/mol. The average molecular weight is 387 g/mol. The highest BCUT2D eigenvalue weighted by Crippen LogP contribution is 2.48. The standard InChI is InChI=1S/C25H42OSi/c1-18(2)27(19(3)4,20(5)6)26-25(24-16-14-21(7)15-17-24)22(8)23-12-10-9-11-13-23/h14-20,23,25H,8-13H2,1-7H3. The molecule has 1 saturated carbocycles. The summed E-state index contributed by atoms with van der Waals surface area (Å²) in [6.45, 7) is 21.1. The van der Waals surface area contributed by atoms with Crippen LogP contribution in [0.2, 0.25) is 16.6 Å². The molecular weight excluding hydrogens is 344 g/mol. The van der Waals surface area contributed by atoms with Crippen molar-refractivity contribution >= 4 is 8.32 Å². The van der Waals surface area contributed by atoms with Crippen LogP contribution in [0.5, 0.6) is 0 Å². The first-order valence-electron chi connectivity index (χ1n) is 11.1. The van der Waals surface area contributed by atoms with Crippen LogP contribution >= 0.6 is 0 Å². The van der Waals surface area contributed by atoms with Crippen molar-refractivity contribution in [1.82, 2.24) is 0 Å². The van der Waals surface area contributed by atoms with E-state index >= 15 is 0 Å². The molecule has 0 spiro atoms. The van der Waals surface area contributed by atoms with Crippen molar-refractivity contribution in [3.05, 3.63) is 47.5 Å². The van der Waals surface area contributed by atoms with Crippen molar-refractivity contribution < 1.29 is 4.43 Å². The van der Waals surface area contributed by atoms with Crippen LogP contribution in [-0.4, -0.2) is 8.32 Å². The summed E-state index contributed by atoms with van der Waals surface area (Å²) < 4.78 is 7.30. The number of hydrogen-bond donors (Lipinski definition) is 0. The Hall–Kier alpha value is -0.863. The van der Waals surface area contributed by atoms with E-state index in [4.69, 9.17) is 4.43 Å². The lowest BCUT2D eigenvalue weighted by atomic mass is 9.81. The molecule has 2 heteroatoms. The van der Waals surface area contributed by atoms with Gasteiger partial charge < -0.3 is 4.43 Å². The van der Waals surface area contributed by atoms with Gasteiger partial charge in [0, 0.05) is 0 Å². The molecule has 0 N–H and O–H groups in total. The third-order valence-electron chi connectivity index (χ3n) is 6.88. The van der Waals surface area contributed by atoms with Gasteiger partial charge >= 0.3 is 0 Å². The van der Waals surface area contributed by atoms with Gasteiger partial charge in [0.2, 0.25) is 8.32 Å². The molecule has 0 radical (unpaired) electrons. The molecule has 1 aliphatic rings. The number of benzene rings is 1. The van der Waals surface area contributed by atoms with Gasteiger partial charge in [-0.15, -0.1) is 0 Å².